The number of rotatable bonds is 2. The van der Waals surface area contributed by atoms with Gasteiger partial charge in [0.25, 0.3) is 5.88 Å². The zero-order chi connectivity index (χ0) is 12.3. The first-order valence-electron chi connectivity index (χ1n) is 4.54. The van der Waals surface area contributed by atoms with E-state index >= 15 is 0 Å². The lowest BCUT2D eigenvalue weighted by atomic mass is 10.3. The Morgan fingerprint density at radius 1 is 1.29 bits per heavy atom. The number of nitriles is 1. The maximum atomic E-state index is 12.9. The largest absolute Gasteiger partial charge is 0.435 e. The van der Waals surface area contributed by atoms with Crippen molar-refractivity contribution in [1.82, 2.24) is 9.97 Å². The maximum Gasteiger partial charge on any atom is 0.256 e. The topological polar surface area (TPSA) is 58.8 Å². The molecule has 0 saturated carbocycles. The van der Waals surface area contributed by atoms with Crippen LogP contribution >= 0.6 is 15.9 Å². The Hall–Kier alpha value is -2.00. The van der Waals surface area contributed by atoms with Gasteiger partial charge in [-0.2, -0.15) is 5.26 Å². The van der Waals surface area contributed by atoms with Crippen LogP contribution in [0.1, 0.15) is 5.69 Å². The summed E-state index contributed by atoms with van der Waals surface area (Å²) in [5.41, 5.74) is 0.0729. The van der Waals surface area contributed by atoms with Crippen LogP contribution in [0.2, 0.25) is 0 Å². The third-order valence-corrected chi connectivity index (χ3v) is 2.49. The minimum absolute atomic E-state index is 0.0729. The number of hydrogen-bond acceptors (Lipinski definition) is 4. The number of halogens is 2. The van der Waals surface area contributed by atoms with Gasteiger partial charge in [-0.1, -0.05) is 0 Å². The van der Waals surface area contributed by atoms with E-state index in [1.54, 1.807) is 0 Å². The first kappa shape index (κ1) is 11.5. The van der Waals surface area contributed by atoms with Crippen LogP contribution in [-0.4, -0.2) is 9.97 Å². The van der Waals surface area contributed by atoms with Crippen LogP contribution in [0.25, 0.3) is 0 Å². The average Bonchev–Trinajstić information content (AvgIpc) is 2.33. The molecule has 2 aromatic rings. The lowest BCUT2D eigenvalue weighted by Crippen LogP contribution is -1.94. The Kier molecular flexibility index (Phi) is 3.30. The monoisotopic (exact) mass is 293 g/mol. The molecule has 4 nitrogen and oxygen atoms in total. The van der Waals surface area contributed by atoms with Gasteiger partial charge in [0.1, 0.15) is 17.6 Å². The van der Waals surface area contributed by atoms with E-state index in [0.717, 1.165) is 0 Å². The number of ether oxygens (including phenoxy) is 1. The fourth-order valence-electron chi connectivity index (χ4n) is 1.14. The molecule has 0 aliphatic rings. The normalized spacial score (nSPS) is 9.71. The van der Waals surface area contributed by atoms with Crippen molar-refractivity contribution in [3.8, 4) is 17.7 Å². The van der Waals surface area contributed by atoms with Crippen LogP contribution in [0.15, 0.2) is 35.1 Å². The summed E-state index contributed by atoms with van der Waals surface area (Å²) < 4.78 is 18.7. The van der Waals surface area contributed by atoms with Crippen LogP contribution < -0.4 is 4.74 Å². The highest BCUT2D eigenvalue weighted by Crippen LogP contribution is 2.29. The lowest BCUT2D eigenvalue weighted by molar-refractivity contribution is 0.453. The highest BCUT2D eigenvalue weighted by Gasteiger charge is 2.09. The van der Waals surface area contributed by atoms with Crippen LogP contribution in [0.3, 0.4) is 0 Å². The fourth-order valence-corrected chi connectivity index (χ4v) is 1.57. The molecule has 1 aromatic carbocycles. The van der Waals surface area contributed by atoms with E-state index in [0.29, 0.717) is 10.2 Å². The molecule has 17 heavy (non-hydrogen) atoms. The van der Waals surface area contributed by atoms with Gasteiger partial charge >= 0.3 is 0 Å². The van der Waals surface area contributed by atoms with E-state index in [-0.39, 0.29) is 17.4 Å². The standard InChI is InChI=1S/C11H5BrFN3O/c12-8-5-7(13)1-2-10(8)17-11-9(6-14)15-3-4-16-11/h1-5H. The van der Waals surface area contributed by atoms with Crippen molar-refractivity contribution in [2.24, 2.45) is 0 Å². The smallest absolute Gasteiger partial charge is 0.256 e. The van der Waals surface area contributed by atoms with E-state index in [2.05, 4.69) is 25.9 Å². The maximum absolute atomic E-state index is 12.9. The Balaban J connectivity index is 2.35. The van der Waals surface area contributed by atoms with Crippen molar-refractivity contribution in [2.45, 2.75) is 0 Å². The predicted molar refractivity (Wildman–Crippen MR) is 60.9 cm³/mol. The molecule has 2 rings (SSSR count). The highest BCUT2D eigenvalue weighted by atomic mass is 79.9. The van der Waals surface area contributed by atoms with Gasteiger partial charge in [0, 0.05) is 12.4 Å². The molecule has 0 N–H and O–H groups in total. The molecule has 0 fully saturated rings. The molecular formula is C11H5BrFN3O. The molecule has 84 valence electrons. The number of nitrogens with zero attached hydrogens (tertiary/aromatic N) is 3. The third kappa shape index (κ3) is 2.57. The molecule has 0 aliphatic heterocycles. The summed E-state index contributed by atoms with van der Waals surface area (Å²) in [6, 6.07) is 5.81. The number of hydrogen-bond donors (Lipinski definition) is 0. The van der Waals surface area contributed by atoms with Crippen LogP contribution in [0, 0.1) is 17.1 Å². The summed E-state index contributed by atoms with van der Waals surface area (Å²) in [4.78, 5) is 7.69. The van der Waals surface area contributed by atoms with Gasteiger partial charge in [-0.05, 0) is 34.1 Å². The molecule has 0 atom stereocenters. The van der Waals surface area contributed by atoms with Crippen molar-refractivity contribution in [1.29, 1.82) is 5.26 Å². The quantitative estimate of drug-likeness (QED) is 0.854. The zero-order valence-corrected chi connectivity index (χ0v) is 9.98. The average molecular weight is 294 g/mol. The van der Waals surface area contributed by atoms with Gasteiger partial charge in [0.2, 0.25) is 5.69 Å². The zero-order valence-electron chi connectivity index (χ0n) is 8.39. The van der Waals surface area contributed by atoms with Crippen LogP contribution in [-0.2, 0) is 0 Å². The minimum atomic E-state index is -0.385. The fraction of sp³-hybridized carbons (Fsp3) is 0. The molecule has 0 radical (unpaired) electrons. The summed E-state index contributed by atoms with van der Waals surface area (Å²) in [5, 5.41) is 8.81. The molecular weight excluding hydrogens is 289 g/mol. The Bertz CT molecular complexity index is 598. The number of aromatic nitrogens is 2. The number of benzene rings is 1. The van der Waals surface area contributed by atoms with Crippen molar-refractivity contribution in [2.75, 3.05) is 0 Å². The summed E-state index contributed by atoms with van der Waals surface area (Å²) >= 11 is 3.15. The van der Waals surface area contributed by atoms with Crippen molar-refractivity contribution >= 4 is 15.9 Å². The van der Waals surface area contributed by atoms with E-state index in [4.69, 9.17) is 10.00 Å². The van der Waals surface area contributed by atoms with Gasteiger partial charge in [0.15, 0.2) is 0 Å². The van der Waals surface area contributed by atoms with E-state index in [1.165, 1.54) is 30.6 Å². The summed E-state index contributed by atoms with van der Waals surface area (Å²) in [7, 11) is 0. The second kappa shape index (κ2) is 4.89. The first-order valence-corrected chi connectivity index (χ1v) is 5.34. The van der Waals surface area contributed by atoms with Gasteiger partial charge in [-0.15, -0.1) is 0 Å². The van der Waals surface area contributed by atoms with E-state index in [1.807, 2.05) is 6.07 Å². The van der Waals surface area contributed by atoms with Gasteiger partial charge in [0.05, 0.1) is 4.47 Å². The van der Waals surface area contributed by atoms with Gasteiger partial charge in [-0.3, -0.25) is 0 Å². The Morgan fingerprint density at radius 2 is 2.06 bits per heavy atom. The molecule has 0 amide bonds. The highest BCUT2D eigenvalue weighted by molar-refractivity contribution is 9.10. The van der Waals surface area contributed by atoms with Crippen molar-refractivity contribution < 1.29 is 9.13 Å². The van der Waals surface area contributed by atoms with E-state index < -0.39 is 0 Å². The molecule has 0 saturated heterocycles. The predicted octanol–water partition coefficient (Wildman–Crippen LogP) is 3.04. The molecule has 0 unspecified atom stereocenters. The molecule has 1 heterocycles. The lowest BCUT2D eigenvalue weighted by Gasteiger charge is -2.06. The second-order valence-electron chi connectivity index (χ2n) is 3.00. The third-order valence-electron chi connectivity index (χ3n) is 1.87. The summed E-state index contributed by atoms with van der Waals surface area (Å²) in [5.74, 6) is 0.0644. The second-order valence-corrected chi connectivity index (χ2v) is 3.85. The molecule has 6 heteroatoms. The summed E-state index contributed by atoms with van der Waals surface area (Å²) in [6.07, 6.45) is 2.80. The van der Waals surface area contributed by atoms with E-state index in [9.17, 15) is 4.39 Å². The first-order chi connectivity index (χ1) is 8.20. The summed E-state index contributed by atoms with van der Waals surface area (Å²) in [6.45, 7) is 0. The molecule has 0 aliphatic carbocycles. The Morgan fingerprint density at radius 3 is 2.76 bits per heavy atom. The van der Waals surface area contributed by atoms with Gasteiger partial charge < -0.3 is 4.74 Å². The molecule has 0 spiro atoms. The minimum Gasteiger partial charge on any atom is -0.435 e. The van der Waals surface area contributed by atoms with Crippen molar-refractivity contribution in [3.63, 3.8) is 0 Å². The van der Waals surface area contributed by atoms with Crippen molar-refractivity contribution in [3.05, 3.63) is 46.6 Å². The Labute approximate surface area is 105 Å². The SMILES string of the molecule is N#Cc1nccnc1Oc1ccc(F)cc1Br. The molecule has 0 bridgehead atoms. The van der Waals surface area contributed by atoms with Gasteiger partial charge in [-0.25, -0.2) is 14.4 Å². The molecule has 1 aromatic heterocycles. The van der Waals surface area contributed by atoms with Crippen LogP contribution in [0.5, 0.6) is 11.6 Å². The van der Waals surface area contributed by atoms with Crippen LogP contribution in [0.4, 0.5) is 4.39 Å².